The first kappa shape index (κ1) is 16.5. The van der Waals surface area contributed by atoms with Crippen molar-refractivity contribution in [2.24, 2.45) is 0 Å². The molecule has 0 saturated carbocycles. The average molecular weight is 305 g/mol. The van der Waals surface area contributed by atoms with E-state index in [1.54, 1.807) is 4.90 Å². The van der Waals surface area contributed by atoms with Crippen molar-refractivity contribution in [3.05, 3.63) is 29.3 Å². The van der Waals surface area contributed by atoms with Gasteiger partial charge in [-0.05, 0) is 43.4 Å². The van der Waals surface area contributed by atoms with Gasteiger partial charge in [-0.2, -0.15) is 0 Å². The van der Waals surface area contributed by atoms with Gasteiger partial charge in [-0.15, -0.1) is 0 Å². The Bertz CT molecular complexity index is 570. The summed E-state index contributed by atoms with van der Waals surface area (Å²) in [5.74, 6) is -0.966. The fraction of sp³-hybridized carbons (Fsp3) is 0.529. The summed E-state index contributed by atoms with van der Waals surface area (Å²) in [5, 5.41) is 18.6. The number of benzene rings is 1. The Morgan fingerprint density at radius 3 is 2.73 bits per heavy atom. The van der Waals surface area contributed by atoms with E-state index in [0.717, 1.165) is 16.8 Å². The molecule has 0 aromatic heterocycles. The van der Waals surface area contributed by atoms with Crippen molar-refractivity contribution in [2.45, 2.75) is 51.6 Å². The van der Waals surface area contributed by atoms with Crippen LogP contribution in [0.3, 0.4) is 0 Å². The van der Waals surface area contributed by atoms with Crippen LogP contribution in [-0.2, 0) is 9.59 Å². The average Bonchev–Trinajstić information content (AvgIpc) is 2.74. The van der Waals surface area contributed by atoms with E-state index in [-0.39, 0.29) is 18.2 Å². The van der Waals surface area contributed by atoms with Crippen LogP contribution in [0.2, 0.25) is 0 Å². The topological polar surface area (TPSA) is 77.8 Å². The van der Waals surface area contributed by atoms with E-state index in [1.807, 2.05) is 32.0 Å². The lowest BCUT2D eigenvalue weighted by molar-refractivity contribution is -0.137. The molecule has 1 aliphatic rings. The number of carbonyl (C=O) groups is 2. The zero-order valence-electron chi connectivity index (χ0n) is 13.1. The minimum Gasteiger partial charge on any atom is -0.481 e. The lowest BCUT2D eigenvalue weighted by Gasteiger charge is -2.18. The van der Waals surface area contributed by atoms with Crippen LogP contribution in [-0.4, -0.2) is 28.6 Å². The van der Waals surface area contributed by atoms with Gasteiger partial charge in [0.2, 0.25) is 5.91 Å². The van der Waals surface area contributed by atoms with Gasteiger partial charge in [-0.3, -0.25) is 9.59 Å². The van der Waals surface area contributed by atoms with Gasteiger partial charge in [0, 0.05) is 18.7 Å². The Kier molecular flexibility index (Phi) is 5.19. The first-order valence-corrected chi connectivity index (χ1v) is 7.80. The van der Waals surface area contributed by atoms with Crippen LogP contribution in [0.1, 0.15) is 62.7 Å². The SMILES string of the molecule is CCC(O)c1ccc2c(c1)C(C)C(=O)N2CCCCC(=O)O. The van der Waals surface area contributed by atoms with Gasteiger partial charge >= 0.3 is 5.97 Å². The molecule has 1 heterocycles. The first-order valence-electron chi connectivity index (χ1n) is 7.80. The number of anilines is 1. The van der Waals surface area contributed by atoms with Crippen molar-refractivity contribution in [2.75, 3.05) is 11.4 Å². The van der Waals surface area contributed by atoms with Crippen LogP contribution in [0.5, 0.6) is 0 Å². The summed E-state index contributed by atoms with van der Waals surface area (Å²) in [5.41, 5.74) is 2.68. The molecule has 120 valence electrons. The summed E-state index contributed by atoms with van der Waals surface area (Å²) >= 11 is 0. The third kappa shape index (κ3) is 3.30. The second-order valence-electron chi connectivity index (χ2n) is 5.80. The first-order chi connectivity index (χ1) is 10.5. The van der Waals surface area contributed by atoms with Crippen LogP contribution >= 0.6 is 0 Å². The second kappa shape index (κ2) is 6.92. The van der Waals surface area contributed by atoms with Gasteiger partial charge in [0.15, 0.2) is 0 Å². The molecule has 1 amide bonds. The van der Waals surface area contributed by atoms with Gasteiger partial charge in [-0.25, -0.2) is 0 Å². The van der Waals surface area contributed by atoms with Gasteiger partial charge in [-0.1, -0.05) is 19.1 Å². The fourth-order valence-corrected chi connectivity index (χ4v) is 2.87. The van der Waals surface area contributed by atoms with E-state index >= 15 is 0 Å². The van der Waals surface area contributed by atoms with Gasteiger partial charge in [0.05, 0.1) is 12.0 Å². The van der Waals surface area contributed by atoms with Crippen molar-refractivity contribution < 1.29 is 19.8 Å². The highest BCUT2D eigenvalue weighted by Gasteiger charge is 2.34. The molecule has 2 N–H and O–H groups in total. The number of hydrogen-bond donors (Lipinski definition) is 2. The molecule has 0 spiro atoms. The zero-order valence-corrected chi connectivity index (χ0v) is 13.1. The number of rotatable bonds is 7. The maximum Gasteiger partial charge on any atom is 0.303 e. The molecule has 1 aliphatic heterocycles. The highest BCUT2D eigenvalue weighted by atomic mass is 16.4. The van der Waals surface area contributed by atoms with Crippen LogP contribution < -0.4 is 4.90 Å². The van der Waals surface area contributed by atoms with E-state index in [0.29, 0.717) is 25.8 Å². The molecule has 2 unspecified atom stereocenters. The third-order valence-electron chi connectivity index (χ3n) is 4.24. The minimum absolute atomic E-state index is 0.0495. The minimum atomic E-state index is -0.806. The molecule has 1 aromatic carbocycles. The summed E-state index contributed by atoms with van der Waals surface area (Å²) in [4.78, 5) is 24.7. The zero-order chi connectivity index (χ0) is 16.3. The van der Waals surface area contributed by atoms with E-state index < -0.39 is 12.1 Å². The van der Waals surface area contributed by atoms with Crippen molar-refractivity contribution in [3.63, 3.8) is 0 Å². The van der Waals surface area contributed by atoms with E-state index in [1.165, 1.54) is 0 Å². The molecule has 0 aliphatic carbocycles. The van der Waals surface area contributed by atoms with E-state index in [9.17, 15) is 14.7 Å². The number of nitrogens with zero attached hydrogens (tertiary/aromatic N) is 1. The predicted octanol–water partition coefficient (Wildman–Crippen LogP) is 2.84. The number of aliphatic hydroxyl groups excluding tert-OH is 1. The highest BCUT2D eigenvalue weighted by Crippen LogP contribution is 2.39. The van der Waals surface area contributed by atoms with E-state index in [2.05, 4.69) is 0 Å². The number of amides is 1. The molecule has 22 heavy (non-hydrogen) atoms. The maximum absolute atomic E-state index is 12.4. The highest BCUT2D eigenvalue weighted by molar-refractivity contribution is 6.04. The monoisotopic (exact) mass is 305 g/mol. The van der Waals surface area contributed by atoms with Crippen LogP contribution in [0.15, 0.2) is 18.2 Å². The predicted molar refractivity (Wildman–Crippen MR) is 83.9 cm³/mol. The summed E-state index contributed by atoms with van der Waals surface area (Å²) < 4.78 is 0. The van der Waals surface area contributed by atoms with Gasteiger partial charge < -0.3 is 15.1 Å². The Labute approximate surface area is 130 Å². The van der Waals surface area contributed by atoms with Crippen molar-refractivity contribution in [3.8, 4) is 0 Å². The quantitative estimate of drug-likeness (QED) is 0.759. The van der Waals surface area contributed by atoms with Crippen molar-refractivity contribution in [1.82, 2.24) is 0 Å². The Morgan fingerprint density at radius 1 is 1.36 bits per heavy atom. The smallest absolute Gasteiger partial charge is 0.303 e. The molecule has 2 rings (SSSR count). The second-order valence-corrected chi connectivity index (χ2v) is 5.80. The number of aliphatic hydroxyl groups is 1. The largest absolute Gasteiger partial charge is 0.481 e. The van der Waals surface area contributed by atoms with Crippen LogP contribution in [0.25, 0.3) is 0 Å². The van der Waals surface area contributed by atoms with Gasteiger partial charge in [0.25, 0.3) is 0 Å². The molecule has 0 radical (unpaired) electrons. The molecular formula is C17H23NO4. The van der Waals surface area contributed by atoms with E-state index in [4.69, 9.17) is 5.11 Å². The number of carbonyl (C=O) groups excluding carboxylic acids is 1. The number of fused-ring (bicyclic) bond motifs is 1. The number of carboxylic acids is 1. The summed E-state index contributed by atoms with van der Waals surface area (Å²) in [7, 11) is 0. The molecule has 0 bridgehead atoms. The lowest BCUT2D eigenvalue weighted by atomic mass is 9.98. The molecule has 0 saturated heterocycles. The lowest BCUT2D eigenvalue weighted by Crippen LogP contribution is -2.29. The summed E-state index contributed by atoms with van der Waals surface area (Å²) in [6.07, 6.45) is 1.50. The Morgan fingerprint density at radius 2 is 2.09 bits per heavy atom. The number of carboxylic acid groups (broad SMARTS) is 1. The summed E-state index contributed by atoms with van der Waals surface area (Å²) in [6, 6.07) is 5.67. The number of aliphatic carboxylic acids is 1. The molecular weight excluding hydrogens is 282 g/mol. The van der Waals surface area contributed by atoms with Crippen LogP contribution in [0, 0.1) is 0 Å². The number of unbranched alkanes of at least 4 members (excludes halogenated alkanes) is 1. The number of hydrogen-bond acceptors (Lipinski definition) is 3. The Balaban J connectivity index is 2.12. The molecule has 2 atom stereocenters. The van der Waals surface area contributed by atoms with Crippen molar-refractivity contribution >= 4 is 17.6 Å². The molecule has 5 heteroatoms. The van der Waals surface area contributed by atoms with Gasteiger partial charge in [0.1, 0.15) is 0 Å². The standard InChI is InChI=1S/C17H23NO4/c1-3-15(19)12-7-8-14-13(10-12)11(2)17(22)18(14)9-5-4-6-16(20)21/h7-8,10-11,15,19H,3-6,9H2,1-2H3,(H,20,21). The third-order valence-corrected chi connectivity index (χ3v) is 4.24. The Hall–Kier alpha value is -1.88. The van der Waals surface area contributed by atoms with Crippen LogP contribution in [0.4, 0.5) is 5.69 Å². The molecule has 5 nitrogen and oxygen atoms in total. The molecule has 0 fully saturated rings. The fourth-order valence-electron chi connectivity index (χ4n) is 2.87. The summed E-state index contributed by atoms with van der Waals surface area (Å²) in [6.45, 7) is 4.33. The molecule has 1 aromatic rings. The maximum atomic E-state index is 12.4. The van der Waals surface area contributed by atoms with Crippen molar-refractivity contribution in [1.29, 1.82) is 0 Å². The normalized spacial score (nSPS) is 18.4.